The van der Waals surface area contributed by atoms with E-state index in [4.69, 9.17) is 11.6 Å². The van der Waals surface area contributed by atoms with E-state index in [9.17, 15) is 14.4 Å². The Morgan fingerprint density at radius 1 is 1.00 bits per heavy atom. The standard InChI is InChI=1S/C17H14ClNO4/c1-23-15(20)10-19-17(22)14-5-3-2-4-13(14)16(21)11-6-8-12(18)9-7-11/h2-9H,10H2,1H3,(H,19,22). The fraction of sp³-hybridized carbons (Fsp3) is 0.118. The Morgan fingerprint density at radius 2 is 1.61 bits per heavy atom. The van der Waals surface area contributed by atoms with E-state index in [0.29, 0.717) is 10.6 Å². The van der Waals surface area contributed by atoms with E-state index in [0.717, 1.165) is 0 Å². The number of esters is 1. The predicted octanol–water partition coefficient (Wildman–Crippen LogP) is 2.47. The zero-order valence-electron chi connectivity index (χ0n) is 12.3. The molecule has 6 heteroatoms. The van der Waals surface area contributed by atoms with Crippen LogP contribution >= 0.6 is 11.6 Å². The van der Waals surface area contributed by atoms with Crippen LogP contribution in [-0.2, 0) is 9.53 Å². The number of benzene rings is 2. The van der Waals surface area contributed by atoms with Crippen molar-refractivity contribution in [3.05, 3.63) is 70.2 Å². The highest BCUT2D eigenvalue weighted by atomic mass is 35.5. The van der Waals surface area contributed by atoms with Crippen LogP contribution in [0.15, 0.2) is 48.5 Å². The number of methoxy groups -OCH3 is 1. The summed E-state index contributed by atoms with van der Waals surface area (Å²) in [6.45, 7) is -0.265. The van der Waals surface area contributed by atoms with Crippen molar-refractivity contribution in [1.82, 2.24) is 5.32 Å². The third kappa shape index (κ3) is 4.17. The number of halogens is 1. The molecular formula is C17H14ClNO4. The molecular weight excluding hydrogens is 318 g/mol. The zero-order valence-corrected chi connectivity index (χ0v) is 13.1. The summed E-state index contributed by atoms with van der Waals surface area (Å²) in [6, 6.07) is 12.8. The van der Waals surface area contributed by atoms with Crippen molar-refractivity contribution in [3.8, 4) is 0 Å². The molecule has 0 aromatic heterocycles. The van der Waals surface area contributed by atoms with Crippen LogP contribution in [0.2, 0.25) is 5.02 Å². The Balaban J connectivity index is 2.26. The molecule has 1 amide bonds. The van der Waals surface area contributed by atoms with Crippen molar-refractivity contribution in [3.63, 3.8) is 0 Å². The number of carbonyl (C=O) groups excluding carboxylic acids is 3. The maximum Gasteiger partial charge on any atom is 0.325 e. The number of ketones is 1. The van der Waals surface area contributed by atoms with E-state index in [1.165, 1.54) is 13.2 Å². The zero-order chi connectivity index (χ0) is 16.8. The van der Waals surface area contributed by atoms with Gasteiger partial charge in [-0.05, 0) is 30.3 Å². The van der Waals surface area contributed by atoms with Crippen molar-refractivity contribution >= 4 is 29.3 Å². The van der Waals surface area contributed by atoms with Gasteiger partial charge in [0.15, 0.2) is 5.78 Å². The quantitative estimate of drug-likeness (QED) is 0.675. The van der Waals surface area contributed by atoms with Gasteiger partial charge in [-0.1, -0.05) is 29.8 Å². The van der Waals surface area contributed by atoms with E-state index in [1.807, 2.05) is 0 Å². The van der Waals surface area contributed by atoms with Gasteiger partial charge in [0.25, 0.3) is 5.91 Å². The topological polar surface area (TPSA) is 72.5 Å². The summed E-state index contributed by atoms with van der Waals surface area (Å²) in [5.41, 5.74) is 0.858. The fourth-order valence-electron chi connectivity index (χ4n) is 1.96. The average Bonchev–Trinajstić information content (AvgIpc) is 2.59. The summed E-state index contributed by atoms with van der Waals surface area (Å²) in [5.74, 6) is -1.39. The van der Waals surface area contributed by atoms with Crippen molar-refractivity contribution < 1.29 is 19.1 Å². The highest BCUT2D eigenvalue weighted by Gasteiger charge is 2.18. The van der Waals surface area contributed by atoms with Crippen LogP contribution in [-0.4, -0.2) is 31.3 Å². The van der Waals surface area contributed by atoms with E-state index in [-0.39, 0.29) is 23.5 Å². The molecule has 118 valence electrons. The van der Waals surface area contributed by atoms with Crippen LogP contribution in [0.4, 0.5) is 0 Å². The van der Waals surface area contributed by atoms with Crippen LogP contribution in [0.3, 0.4) is 0 Å². The van der Waals surface area contributed by atoms with Gasteiger partial charge in [-0.3, -0.25) is 14.4 Å². The van der Waals surface area contributed by atoms with Gasteiger partial charge >= 0.3 is 5.97 Å². The van der Waals surface area contributed by atoms with Crippen LogP contribution in [0.25, 0.3) is 0 Å². The van der Waals surface area contributed by atoms with Gasteiger partial charge in [-0.25, -0.2) is 0 Å². The van der Waals surface area contributed by atoms with Gasteiger partial charge < -0.3 is 10.1 Å². The number of carbonyl (C=O) groups is 3. The molecule has 2 aromatic rings. The molecule has 0 aliphatic carbocycles. The summed E-state index contributed by atoms with van der Waals surface area (Å²) < 4.78 is 4.46. The molecule has 2 rings (SSSR count). The Labute approximate surface area is 138 Å². The summed E-state index contributed by atoms with van der Waals surface area (Å²) >= 11 is 5.81. The second-order valence-corrected chi connectivity index (χ2v) is 5.08. The summed E-state index contributed by atoms with van der Waals surface area (Å²) in [4.78, 5) is 35.8. The fourth-order valence-corrected chi connectivity index (χ4v) is 2.08. The molecule has 0 aliphatic heterocycles. The van der Waals surface area contributed by atoms with Gasteiger partial charge in [0.2, 0.25) is 0 Å². The largest absolute Gasteiger partial charge is 0.468 e. The van der Waals surface area contributed by atoms with E-state index in [1.54, 1.807) is 42.5 Å². The molecule has 0 atom stereocenters. The smallest absolute Gasteiger partial charge is 0.325 e. The molecule has 0 radical (unpaired) electrons. The molecule has 2 aromatic carbocycles. The summed E-state index contributed by atoms with van der Waals surface area (Å²) in [5, 5.41) is 2.94. The van der Waals surface area contributed by atoms with E-state index < -0.39 is 11.9 Å². The lowest BCUT2D eigenvalue weighted by Gasteiger charge is -2.09. The first-order valence-electron chi connectivity index (χ1n) is 6.77. The van der Waals surface area contributed by atoms with E-state index in [2.05, 4.69) is 10.1 Å². The molecule has 5 nitrogen and oxygen atoms in total. The van der Waals surface area contributed by atoms with Crippen molar-refractivity contribution in [2.75, 3.05) is 13.7 Å². The highest BCUT2D eigenvalue weighted by Crippen LogP contribution is 2.17. The number of ether oxygens (including phenoxy) is 1. The second-order valence-electron chi connectivity index (χ2n) is 4.64. The lowest BCUT2D eigenvalue weighted by molar-refractivity contribution is -0.139. The van der Waals surface area contributed by atoms with Gasteiger partial charge in [0.05, 0.1) is 12.7 Å². The third-order valence-electron chi connectivity index (χ3n) is 3.14. The Bertz CT molecular complexity index is 741. The van der Waals surface area contributed by atoms with Crippen LogP contribution < -0.4 is 5.32 Å². The van der Waals surface area contributed by atoms with Gasteiger partial charge in [0, 0.05) is 16.1 Å². The van der Waals surface area contributed by atoms with E-state index >= 15 is 0 Å². The SMILES string of the molecule is COC(=O)CNC(=O)c1ccccc1C(=O)c1ccc(Cl)cc1. The minimum absolute atomic E-state index is 0.191. The lowest BCUT2D eigenvalue weighted by atomic mass is 9.98. The molecule has 0 heterocycles. The van der Waals surface area contributed by atoms with Crippen LogP contribution in [0.5, 0.6) is 0 Å². The molecule has 0 unspecified atom stereocenters. The number of rotatable bonds is 5. The molecule has 0 saturated heterocycles. The van der Waals surface area contributed by atoms with Gasteiger partial charge in [-0.2, -0.15) is 0 Å². The molecule has 1 N–H and O–H groups in total. The minimum Gasteiger partial charge on any atom is -0.468 e. The maximum absolute atomic E-state index is 12.6. The Kier molecular flexibility index (Phi) is 5.49. The average molecular weight is 332 g/mol. The first-order chi connectivity index (χ1) is 11.0. The highest BCUT2D eigenvalue weighted by molar-refractivity contribution is 6.30. The molecule has 0 fully saturated rings. The number of amides is 1. The monoisotopic (exact) mass is 331 g/mol. The number of nitrogens with one attached hydrogen (secondary N) is 1. The van der Waals surface area contributed by atoms with Crippen molar-refractivity contribution in [2.24, 2.45) is 0 Å². The minimum atomic E-state index is -0.570. The Hall–Kier alpha value is -2.66. The molecule has 23 heavy (non-hydrogen) atoms. The number of hydrogen-bond acceptors (Lipinski definition) is 4. The normalized spacial score (nSPS) is 10.0. The third-order valence-corrected chi connectivity index (χ3v) is 3.40. The first-order valence-corrected chi connectivity index (χ1v) is 7.15. The summed E-state index contributed by atoms with van der Waals surface area (Å²) in [6.07, 6.45) is 0. The lowest BCUT2D eigenvalue weighted by Crippen LogP contribution is -2.31. The summed E-state index contributed by atoms with van der Waals surface area (Å²) in [7, 11) is 1.23. The maximum atomic E-state index is 12.6. The molecule has 0 aliphatic rings. The van der Waals surface area contributed by atoms with Crippen LogP contribution in [0.1, 0.15) is 26.3 Å². The first kappa shape index (κ1) is 16.7. The second kappa shape index (κ2) is 7.56. The Morgan fingerprint density at radius 3 is 2.22 bits per heavy atom. The van der Waals surface area contributed by atoms with Crippen molar-refractivity contribution in [1.29, 1.82) is 0 Å². The van der Waals surface area contributed by atoms with Crippen molar-refractivity contribution in [2.45, 2.75) is 0 Å². The molecule has 0 bridgehead atoms. The van der Waals surface area contributed by atoms with Crippen LogP contribution in [0, 0.1) is 0 Å². The number of hydrogen-bond donors (Lipinski definition) is 1. The molecule has 0 spiro atoms. The van der Waals surface area contributed by atoms with Gasteiger partial charge in [0.1, 0.15) is 6.54 Å². The predicted molar refractivity (Wildman–Crippen MR) is 85.7 cm³/mol. The molecule has 0 saturated carbocycles. The van der Waals surface area contributed by atoms with Gasteiger partial charge in [-0.15, -0.1) is 0 Å².